The molecule has 0 atom stereocenters. The Kier molecular flexibility index (Phi) is 8.79. The number of anilines is 1. The monoisotopic (exact) mass is 570 g/mol. The maximum absolute atomic E-state index is 8.60. The van der Waals surface area contributed by atoms with Crippen LogP contribution in [0.4, 0.5) is 5.88 Å². The van der Waals surface area contributed by atoms with Crippen LogP contribution < -0.4 is 46.6 Å². The predicted octanol–water partition coefficient (Wildman–Crippen LogP) is 0.776. The van der Waals surface area contributed by atoms with Crippen LogP contribution in [0.3, 0.4) is 0 Å². The smallest absolute Gasteiger partial charge is 0.273 e. The van der Waals surface area contributed by atoms with Crippen LogP contribution in [0.2, 0.25) is 5.02 Å². The van der Waals surface area contributed by atoms with Gasteiger partial charge in [-0.1, -0.05) is 66.2 Å². The number of hydrazine groups is 1. The summed E-state index contributed by atoms with van der Waals surface area (Å²) in [4.78, 5) is 5.08. The molecule has 5 aromatic rings. The van der Waals surface area contributed by atoms with Crippen LogP contribution in [0, 0.1) is 10.2 Å². The standard InChI is InChI=1S/C27H22ClN3OP.ClHO4/c28-21-18-16-20(17-19-21)25-30-27(26(31-29)32-25)33(22-10-4-1-5-11-22,23-12-6-2-7-13-23)24-14-8-3-9-15-24;2-1(3,4)5/h1-19,31H,29H2;(H,2,3,4,5)/q+1;. The molecule has 0 saturated heterocycles. The van der Waals surface area contributed by atoms with Crippen molar-refractivity contribution in [2.24, 2.45) is 5.84 Å². The van der Waals surface area contributed by atoms with E-state index in [4.69, 9.17) is 45.5 Å². The number of oxazole rings is 1. The fourth-order valence-corrected chi connectivity index (χ4v) is 8.39. The molecule has 11 heteroatoms. The number of hydrogen-bond acceptors (Lipinski definition) is 8. The Morgan fingerprint density at radius 1 is 0.737 bits per heavy atom. The summed E-state index contributed by atoms with van der Waals surface area (Å²) in [6.45, 7) is 0. The number of nitrogen functional groups attached to an aromatic ring is 1. The Morgan fingerprint density at radius 3 is 1.50 bits per heavy atom. The van der Waals surface area contributed by atoms with E-state index in [0.29, 0.717) is 16.8 Å². The molecule has 8 nitrogen and oxygen atoms in total. The molecule has 0 amide bonds. The first-order chi connectivity index (χ1) is 18.2. The number of nitrogens with one attached hydrogen (secondary N) is 1. The van der Waals surface area contributed by atoms with Crippen molar-refractivity contribution < 1.29 is 33.3 Å². The van der Waals surface area contributed by atoms with Gasteiger partial charge in [-0.05, 0) is 60.7 Å². The van der Waals surface area contributed by atoms with E-state index in [0.717, 1.165) is 26.9 Å². The van der Waals surface area contributed by atoms with Gasteiger partial charge in [0.2, 0.25) is 5.89 Å². The van der Waals surface area contributed by atoms with E-state index in [-0.39, 0.29) is 0 Å². The lowest BCUT2D eigenvalue weighted by molar-refractivity contribution is -1.92. The molecule has 5 rings (SSSR count). The van der Waals surface area contributed by atoms with E-state index in [2.05, 4.69) is 78.2 Å². The molecular weight excluding hydrogens is 548 g/mol. The van der Waals surface area contributed by atoms with Gasteiger partial charge in [-0.3, -0.25) is 5.43 Å². The first-order valence-electron chi connectivity index (χ1n) is 11.2. The Bertz CT molecular complexity index is 1350. The number of halogens is 2. The van der Waals surface area contributed by atoms with Crippen LogP contribution in [0.5, 0.6) is 0 Å². The Balaban J connectivity index is 0.000000617. The average molecular weight is 571 g/mol. The van der Waals surface area contributed by atoms with Crippen molar-refractivity contribution >= 4 is 46.1 Å². The zero-order chi connectivity index (χ0) is 27.2. The van der Waals surface area contributed by atoms with Gasteiger partial charge in [0, 0.05) is 10.6 Å². The molecule has 0 aliphatic carbocycles. The normalized spacial score (nSPS) is 11.4. The second-order valence-corrected chi connectivity index (χ2v) is 12.4. The van der Waals surface area contributed by atoms with E-state index in [1.807, 2.05) is 42.5 Å². The van der Waals surface area contributed by atoms with Gasteiger partial charge in [0.25, 0.3) is 11.3 Å². The number of aromatic nitrogens is 1. The molecule has 0 radical (unpaired) electrons. The highest BCUT2D eigenvalue weighted by molar-refractivity contribution is 8.01. The van der Waals surface area contributed by atoms with Crippen LogP contribution in [0.1, 0.15) is 0 Å². The van der Waals surface area contributed by atoms with Gasteiger partial charge in [0.05, 0.1) is 14.9 Å². The molecule has 0 unspecified atom stereocenters. The van der Waals surface area contributed by atoms with Crippen molar-refractivity contribution in [2.75, 3.05) is 5.43 Å². The maximum atomic E-state index is 8.60. The van der Waals surface area contributed by atoms with Crippen molar-refractivity contribution in [3.8, 4) is 11.5 Å². The Hall–Kier alpha value is -3.30. The first kappa shape index (κ1) is 27.7. The molecule has 194 valence electrons. The van der Waals surface area contributed by atoms with Gasteiger partial charge in [-0.15, -0.1) is 0 Å². The molecule has 0 spiro atoms. The highest BCUT2D eigenvalue weighted by atomic mass is 35.7. The molecular formula is C27H23Cl2N3O5P+. The highest BCUT2D eigenvalue weighted by Gasteiger charge is 2.53. The van der Waals surface area contributed by atoms with E-state index >= 15 is 0 Å². The number of nitrogens with two attached hydrogens (primary N) is 1. The lowest BCUT2D eigenvalue weighted by atomic mass is 10.2. The first-order valence-corrected chi connectivity index (χ1v) is 14.6. The second kappa shape index (κ2) is 12.0. The zero-order valence-corrected chi connectivity index (χ0v) is 22.2. The van der Waals surface area contributed by atoms with E-state index < -0.39 is 17.5 Å². The summed E-state index contributed by atoms with van der Waals surface area (Å²) in [6.07, 6.45) is 0. The second-order valence-electron chi connectivity index (χ2n) is 7.90. The summed E-state index contributed by atoms with van der Waals surface area (Å²) in [6, 6.07) is 38.8. The fourth-order valence-electron chi connectivity index (χ4n) is 4.12. The highest BCUT2D eigenvalue weighted by Crippen LogP contribution is 2.55. The summed E-state index contributed by atoms with van der Waals surface area (Å²) in [5.74, 6) is 6.95. The SMILES string of the molecule is NNc1oc(-c2ccc(Cl)cc2)nc1[P+](c1ccccc1)(c1ccccc1)c1ccccc1.[O-][Cl+3]([O-])([O-])O. The predicted molar refractivity (Wildman–Crippen MR) is 142 cm³/mol. The molecule has 0 aliphatic heterocycles. The Labute approximate surface area is 227 Å². The molecule has 0 saturated carbocycles. The number of nitrogens with zero attached hydrogens (tertiary/aromatic N) is 1. The van der Waals surface area contributed by atoms with Crippen LogP contribution >= 0.6 is 18.9 Å². The molecule has 0 aliphatic rings. The molecule has 1 heterocycles. The van der Waals surface area contributed by atoms with Crippen molar-refractivity contribution in [2.45, 2.75) is 0 Å². The Morgan fingerprint density at radius 2 is 1.13 bits per heavy atom. The minimum absolute atomic E-state index is 0.449. The lowest BCUT2D eigenvalue weighted by Crippen LogP contribution is -2.58. The largest absolute Gasteiger partial charge is 0.415 e. The summed E-state index contributed by atoms with van der Waals surface area (Å²) in [5.41, 5.74) is 4.40. The molecule has 0 fully saturated rings. The summed E-state index contributed by atoms with van der Waals surface area (Å²) < 4.78 is 38.9. The van der Waals surface area contributed by atoms with Gasteiger partial charge in [0.1, 0.15) is 15.9 Å². The molecule has 4 N–H and O–H groups in total. The van der Waals surface area contributed by atoms with E-state index in [1.54, 1.807) is 0 Å². The van der Waals surface area contributed by atoms with Gasteiger partial charge in [-0.2, -0.15) is 19.0 Å². The van der Waals surface area contributed by atoms with Crippen LogP contribution in [-0.4, -0.2) is 9.64 Å². The summed E-state index contributed by atoms with van der Waals surface area (Å²) in [7, 11) is -7.14. The third kappa shape index (κ3) is 6.22. The van der Waals surface area contributed by atoms with Crippen molar-refractivity contribution in [1.29, 1.82) is 0 Å². The van der Waals surface area contributed by atoms with Crippen molar-refractivity contribution in [3.63, 3.8) is 0 Å². The third-order valence-electron chi connectivity index (χ3n) is 5.58. The minimum Gasteiger partial charge on any atom is -0.415 e. The van der Waals surface area contributed by atoms with E-state index in [9.17, 15) is 0 Å². The van der Waals surface area contributed by atoms with Crippen LogP contribution in [0.25, 0.3) is 11.5 Å². The average Bonchev–Trinajstić information content (AvgIpc) is 3.35. The number of rotatable bonds is 6. The topological polar surface area (TPSA) is 153 Å². The van der Waals surface area contributed by atoms with Gasteiger partial charge in [-0.25, -0.2) is 5.84 Å². The summed E-state index contributed by atoms with van der Waals surface area (Å²) in [5, 5.41) is 4.14. The molecule has 1 aromatic heterocycles. The lowest BCUT2D eigenvalue weighted by Gasteiger charge is -2.25. The van der Waals surface area contributed by atoms with Crippen LogP contribution in [0.15, 0.2) is 120 Å². The fraction of sp³-hybridized carbons (Fsp3) is 0. The van der Waals surface area contributed by atoms with Crippen molar-refractivity contribution in [3.05, 3.63) is 120 Å². The van der Waals surface area contributed by atoms with Crippen LogP contribution in [-0.2, 0) is 0 Å². The quantitative estimate of drug-likeness (QED) is 0.154. The van der Waals surface area contributed by atoms with Gasteiger partial charge in [0.15, 0.2) is 7.26 Å². The summed E-state index contributed by atoms with van der Waals surface area (Å²) >= 11 is 6.10. The molecule has 0 bridgehead atoms. The van der Waals surface area contributed by atoms with Crippen molar-refractivity contribution in [1.82, 2.24) is 4.98 Å². The van der Waals surface area contributed by atoms with Gasteiger partial charge >= 0.3 is 0 Å². The van der Waals surface area contributed by atoms with E-state index in [1.165, 1.54) is 0 Å². The minimum atomic E-state index is -4.69. The molecule has 38 heavy (non-hydrogen) atoms. The number of benzene rings is 4. The zero-order valence-electron chi connectivity index (χ0n) is 19.8. The molecule has 4 aromatic carbocycles. The van der Waals surface area contributed by atoms with Gasteiger partial charge < -0.3 is 4.42 Å². The maximum Gasteiger partial charge on any atom is 0.273 e. The third-order valence-corrected chi connectivity index (χ3v) is 9.99. The number of hydrogen-bond donors (Lipinski definition) is 3.